The Bertz CT molecular complexity index is 1100. The number of carbonyl (C=O) groups excluding carboxylic acids is 1. The third-order valence-electron chi connectivity index (χ3n) is 4.87. The third kappa shape index (κ3) is 4.81. The molecule has 1 spiro atoms. The zero-order valence-electron chi connectivity index (χ0n) is 20.0. The largest absolute Gasteiger partial charge is 0.336 e. The van der Waals surface area contributed by atoms with Crippen molar-refractivity contribution in [2.45, 2.75) is 56.6 Å². The van der Waals surface area contributed by atoms with Crippen LogP contribution in [0.2, 0.25) is 0 Å². The number of benzene rings is 2. The molecule has 0 unspecified atom stereocenters. The van der Waals surface area contributed by atoms with Gasteiger partial charge < -0.3 is 9.47 Å². The van der Waals surface area contributed by atoms with Crippen LogP contribution in [-0.2, 0) is 29.9 Å². The Kier molecular flexibility index (Phi) is 9.16. The van der Waals surface area contributed by atoms with Crippen molar-refractivity contribution in [1.82, 2.24) is 0 Å². The molecule has 2 aromatic carbocycles. The molecular weight excluding hydrogens is 438 g/mol. The van der Waals surface area contributed by atoms with Crippen molar-refractivity contribution >= 4 is 21.4 Å². The lowest BCUT2D eigenvalue weighted by atomic mass is 10.1. The summed E-state index contributed by atoms with van der Waals surface area (Å²) in [5.74, 6) is -2.04. The van der Waals surface area contributed by atoms with Crippen molar-refractivity contribution in [2.75, 3.05) is 18.1 Å². The number of fused-ring (bicyclic) bond motifs is 2. The Morgan fingerprint density at radius 2 is 1.64 bits per heavy atom. The van der Waals surface area contributed by atoms with Gasteiger partial charge in [0.05, 0.1) is 28.7 Å². The fourth-order valence-corrected chi connectivity index (χ4v) is 4.84. The number of hydrogen-bond donors (Lipinski definition) is 0. The van der Waals surface area contributed by atoms with Crippen LogP contribution in [0.3, 0.4) is 0 Å². The number of hydrogen-bond acceptors (Lipinski definition) is 5. The molecule has 1 amide bonds. The minimum absolute atomic E-state index is 0.0752. The Hall–Kier alpha value is -2.74. The molecule has 0 bridgehead atoms. The van der Waals surface area contributed by atoms with Crippen LogP contribution in [0.4, 0.5) is 5.69 Å². The summed E-state index contributed by atoms with van der Waals surface area (Å²) in [5.41, 5.74) is 1.47. The standard InChI is InChI=1S/C21H19NO5S.C3H8.C2H6/c1-3-15(4-2)22-19-11-10-17(28(24,25)16-8-6-5-7-9-16)14-18(19)21(20(22)23)26-12-13-27-21;1-3-2;1-2/h3-11,14H,1,12-13H2,2H3;3H2,1-2H3;1-2H3/b15-4+;;. The van der Waals surface area contributed by atoms with Crippen molar-refractivity contribution in [1.29, 1.82) is 0 Å². The van der Waals surface area contributed by atoms with Gasteiger partial charge in [-0.25, -0.2) is 8.42 Å². The average Bonchev–Trinajstić information content (AvgIpc) is 3.43. The first-order valence-corrected chi connectivity index (χ1v) is 12.7. The summed E-state index contributed by atoms with van der Waals surface area (Å²) < 4.78 is 37.5. The van der Waals surface area contributed by atoms with Gasteiger partial charge in [-0.15, -0.1) is 0 Å². The molecule has 0 aromatic heterocycles. The number of sulfone groups is 1. The topological polar surface area (TPSA) is 72.9 Å². The maximum atomic E-state index is 13.2. The Balaban J connectivity index is 0.000000714. The van der Waals surface area contributed by atoms with Crippen LogP contribution in [0.15, 0.2) is 82.7 Å². The van der Waals surface area contributed by atoms with E-state index in [0.29, 0.717) is 16.9 Å². The Labute approximate surface area is 197 Å². The molecule has 0 radical (unpaired) electrons. The van der Waals surface area contributed by atoms with E-state index in [0.717, 1.165) is 0 Å². The van der Waals surface area contributed by atoms with Gasteiger partial charge in [-0.3, -0.25) is 9.69 Å². The van der Waals surface area contributed by atoms with Crippen molar-refractivity contribution in [2.24, 2.45) is 0 Å². The first kappa shape index (κ1) is 26.5. The van der Waals surface area contributed by atoms with Gasteiger partial charge in [0, 0.05) is 11.3 Å². The molecule has 7 heteroatoms. The van der Waals surface area contributed by atoms with Gasteiger partial charge in [0.1, 0.15) is 0 Å². The summed E-state index contributed by atoms with van der Waals surface area (Å²) in [7, 11) is -3.75. The minimum Gasteiger partial charge on any atom is -0.336 e. The summed E-state index contributed by atoms with van der Waals surface area (Å²) in [4.78, 5) is 14.9. The molecule has 33 heavy (non-hydrogen) atoms. The number of rotatable bonds is 4. The van der Waals surface area contributed by atoms with Gasteiger partial charge in [-0.05, 0) is 43.3 Å². The fraction of sp³-hybridized carbons (Fsp3) is 0.346. The molecule has 0 N–H and O–H groups in total. The number of allylic oxidation sites excluding steroid dienone is 2. The van der Waals surface area contributed by atoms with Gasteiger partial charge in [-0.1, -0.05) is 65.0 Å². The molecular formula is C26H33NO5S. The summed E-state index contributed by atoms with van der Waals surface area (Å²) in [5, 5.41) is 0. The number of anilines is 1. The molecule has 2 aromatic rings. The van der Waals surface area contributed by atoms with Crippen LogP contribution in [0.1, 0.15) is 46.6 Å². The van der Waals surface area contributed by atoms with Gasteiger partial charge in [-0.2, -0.15) is 0 Å². The molecule has 1 fully saturated rings. The predicted molar refractivity (Wildman–Crippen MR) is 131 cm³/mol. The molecule has 2 aliphatic heterocycles. The van der Waals surface area contributed by atoms with Crippen LogP contribution in [0.25, 0.3) is 0 Å². The second kappa shape index (κ2) is 11.4. The van der Waals surface area contributed by atoms with Crippen molar-refractivity contribution < 1.29 is 22.7 Å². The van der Waals surface area contributed by atoms with Crippen LogP contribution in [0.5, 0.6) is 0 Å². The number of carbonyl (C=O) groups is 1. The lowest BCUT2D eigenvalue weighted by Gasteiger charge is -2.22. The highest BCUT2D eigenvalue weighted by molar-refractivity contribution is 7.91. The Morgan fingerprint density at radius 3 is 2.15 bits per heavy atom. The summed E-state index contributed by atoms with van der Waals surface area (Å²) in [6.07, 6.45) is 4.56. The van der Waals surface area contributed by atoms with Crippen molar-refractivity contribution in [3.63, 3.8) is 0 Å². The van der Waals surface area contributed by atoms with E-state index in [2.05, 4.69) is 20.4 Å². The second-order valence-electron chi connectivity index (χ2n) is 7.07. The zero-order chi connectivity index (χ0) is 24.6. The highest BCUT2D eigenvalue weighted by atomic mass is 32.2. The van der Waals surface area contributed by atoms with E-state index in [4.69, 9.17) is 9.47 Å². The normalized spacial score (nSPS) is 16.5. The molecule has 4 rings (SSSR count). The van der Waals surface area contributed by atoms with E-state index < -0.39 is 21.5 Å². The van der Waals surface area contributed by atoms with E-state index in [1.165, 1.54) is 35.6 Å². The van der Waals surface area contributed by atoms with E-state index in [1.807, 2.05) is 13.8 Å². The summed E-state index contributed by atoms with van der Waals surface area (Å²) in [6.45, 7) is 14.3. The number of ether oxygens (including phenoxy) is 2. The summed E-state index contributed by atoms with van der Waals surface area (Å²) >= 11 is 0. The van der Waals surface area contributed by atoms with Crippen LogP contribution >= 0.6 is 0 Å². The molecule has 1 saturated heterocycles. The zero-order valence-corrected chi connectivity index (χ0v) is 20.8. The van der Waals surface area contributed by atoms with Gasteiger partial charge in [0.2, 0.25) is 9.84 Å². The van der Waals surface area contributed by atoms with E-state index in [1.54, 1.807) is 43.3 Å². The molecule has 0 saturated carbocycles. The van der Waals surface area contributed by atoms with Crippen molar-refractivity contribution in [3.05, 3.63) is 78.5 Å². The molecule has 2 aliphatic rings. The lowest BCUT2D eigenvalue weighted by molar-refractivity contribution is -0.180. The van der Waals surface area contributed by atoms with Crippen LogP contribution in [0, 0.1) is 0 Å². The van der Waals surface area contributed by atoms with Gasteiger partial charge in [0.25, 0.3) is 11.7 Å². The lowest BCUT2D eigenvalue weighted by Crippen LogP contribution is -2.40. The van der Waals surface area contributed by atoms with E-state index >= 15 is 0 Å². The SMILES string of the molecule is C=C/C(=C\C)N1C(=O)C2(OCCO2)c2cc(S(=O)(=O)c3ccccc3)ccc21.CC.CCC. The first-order valence-electron chi connectivity index (χ1n) is 11.2. The first-order chi connectivity index (χ1) is 15.9. The maximum absolute atomic E-state index is 13.2. The second-order valence-corrected chi connectivity index (χ2v) is 9.02. The average molecular weight is 472 g/mol. The third-order valence-corrected chi connectivity index (χ3v) is 6.64. The van der Waals surface area contributed by atoms with Crippen LogP contribution < -0.4 is 4.90 Å². The van der Waals surface area contributed by atoms with Crippen molar-refractivity contribution in [3.8, 4) is 0 Å². The molecule has 6 nitrogen and oxygen atoms in total. The smallest absolute Gasteiger partial charge is 0.297 e. The number of nitrogens with zero attached hydrogens (tertiary/aromatic N) is 1. The minimum atomic E-state index is -3.75. The number of amides is 1. The highest BCUT2D eigenvalue weighted by Crippen LogP contribution is 2.48. The van der Waals surface area contributed by atoms with Crippen LogP contribution in [-0.4, -0.2) is 27.5 Å². The van der Waals surface area contributed by atoms with Gasteiger partial charge >= 0.3 is 0 Å². The highest BCUT2D eigenvalue weighted by Gasteiger charge is 2.57. The summed E-state index contributed by atoms with van der Waals surface area (Å²) in [6, 6.07) is 12.7. The maximum Gasteiger partial charge on any atom is 0.297 e. The Morgan fingerprint density at radius 1 is 1.06 bits per heavy atom. The molecule has 0 aliphatic carbocycles. The van der Waals surface area contributed by atoms with E-state index in [9.17, 15) is 13.2 Å². The monoisotopic (exact) mass is 471 g/mol. The van der Waals surface area contributed by atoms with Gasteiger partial charge in [0.15, 0.2) is 0 Å². The molecule has 2 heterocycles. The predicted octanol–water partition coefficient (Wildman–Crippen LogP) is 5.60. The fourth-order valence-electron chi connectivity index (χ4n) is 3.53. The molecule has 0 atom stereocenters. The molecule has 178 valence electrons. The van der Waals surface area contributed by atoms with E-state index in [-0.39, 0.29) is 23.0 Å². The quantitative estimate of drug-likeness (QED) is 0.543.